The summed E-state index contributed by atoms with van der Waals surface area (Å²) in [7, 11) is 0. The molecule has 0 heterocycles. The molecule has 0 aliphatic heterocycles. The number of benzene rings is 2. The van der Waals surface area contributed by atoms with E-state index in [0.717, 1.165) is 29.2 Å². The molecule has 0 aromatic heterocycles. The Bertz CT molecular complexity index is 1640. The minimum absolute atomic E-state index is 0.00306. The van der Waals surface area contributed by atoms with Crippen LogP contribution in [0, 0.1) is 29.6 Å². The third-order valence-corrected chi connectivity index (χ3v) is 9.70. The SMILES string of the molecule is C=Cc1cc(-c2ccc(O)c3c2C[C@]2(C)C[C@]4(C)C(C(C)C)C(O)=C(C(C)=O)C(=O)[C@]4(O)C(O)=C2C3=O)ccc1C. The second kappa shape index (κ2) is 9.02. The van der Waals surface area contributed by atoms with Crippen LogP contribution in [0.4, 0.5) is 0 Å². The molecule has 1 unspecified atom stereocenters. The molecule has 0 saturated carbocycles. The van der Waals surface area contributed by atoms with E-state index in [1.54, 1.807) is 26.0 Å². The molecular weight excluding hydrogens is 520 g/mol. The third kappa shape index (κ3) is 3.58. The highest BCUT2D eigenvalue weighted by Gasteiger charge is 2.71. The fourth-order valence-corrected chi connectivity index (χ4v) is 8.03. The number of rotatable bonds is 4. The van der Waals surface area contributed by atoms with E-state index in [1.807, 2.05) is 39.0 Å². The highest BCUT2D eigenvalue weighted by atomic mass is 16.3. The van der Waals surface area contributed by atoms with Crippen LogP contribution < -0.4 is 0 Å². The number of aromatic hydroxyl groups is 1. The first kappa shape index (κ1) is 28.6. The molecule has 41 heavy (non-hydrogen) atoms. The summed E-state index contributed by atoms with van der Waals surface area (Å²) in [5.74, 6) is -5.23. The van der Waals surface area contributed by atoms with Gasteiger partial charge in [-0.1, -0.05) is 58.5 Å². The van der Waals surface area contributed by atoms with E-state index in [0.29, 0.717) is 5.56 Å². The summed E-state index contributed by atoms with van der Waals surface area (Å²) in [6, 6.07) is 9.04. The Kier molecular flexibility index (Phi) is 6.28. The molecule has 2 aromatic rings. The van der Waals surface area contributed by atoms with Crippen molar-refractivity contribution in [3.05, 3.63) is 81.8 Å². The molecule has 4 atom stereocenters. The number of hydrogen-bond donors (Lipinski definition) is 4. The number of aryl methyl sites for hydroxylation is 1. The Hall–Kier alpha value is -3.97. The number of carbonyl (C=O) groups excluding carboxylic acids is 3. The van der Waals surface area contributed by atoms with Gasteiger partial charge in [0.25, 0.3) is 0 Å². The molecule has 0 bridgehead atoms. The van der Waals surface area contributed by atoms with E-state index >= 15 is 0 Å². The topological polar surface area (TPSA) is 132 Å². The van der Waals surface area contributed by atoms with Gasteiger partial charge in [-0.25, -0.2) is 0 Å². The number of Topliss-reactive ketones (excluding diaryl/α,β-unsaturated/α-hetero) is 3. The lowest BCUT2D eigenvalue weighted by Gasteiger charge is -2.59. The number of fused-ring (bicyclic) bond motifs is 3. The van der Waals surface area contributed by atoms with Gasteiger partial charge in [-0.2, -0.15) is 0 Å². The number of aliphatic hydroxyl groups is 3. The Balaban J connectivity index is 1.81. The molecule has 0 saturated heterocycles. The minimum Gasteiger partial charge on any atom is -0.511 e. The summed E-state index contributed by atoms with van der Waals surface area (Å²) in [6.07, 6.45) is 2.01. The number of hydrogen-bond acceptors (Lipinski definition) is 7. The van der Waals surface area contributed by atoms with Crippen molar-refractivity contribution in [1.29, 1.82) is 0 Å². The van der Waals surface area contributed by atoms with Crippen LogP contribution in [0.1, 0.15) is 68.1 Å². The Morgan fingerprint density at radius 3 is 2.34 bits per heavy atom. The number of ketones is 3. The molecular formula is C34H36O7. The number of aliphatic hydroxyl groups excluding tert-OH is 2. The number of phenols is 1. The summed E-state index contributed by atoms with van der Waals surface area (Å²) in [5.41, 5.74) is -1.77. The van der Waals surface area contributed by atoms with Crippen molar-refractivity contribution >= 4 is 23.4 Å². The average molecular weight is 557 g/mol. The molecule has 3 aliphatic rings. The zero-order valence-corrected chi connectivity index (χ0v) is 24.3. The molecule has 0 amide bonds. The summed E-state index contributed by atoms with van der Waals surface area (Å²) in [6.45, 7) is 14.0. The van der Waals surface area contributed by atoms with E-state index in [-0.39, 0.29) is 35.6 Å². The van der Waals surface area contributed by atoms with E-state index in [4.69, 9.17) is 0 Å². The normalized spacial score (nSPS) is 29.3. The third-order valence-electron chi connectivity index (χ3n) is 9.70. The Morgan fingerprint density at radius 2 is 1.76 bits per heavy atom. The average Bonchev–Trinajstić information content (AvgIpc) is 2.86. The second-order valence-corrected chi connectivity index (χ2v) is 12.7. The van der Waals surface area contributed by atoms with Gasteiger partial charge >= 0.3 is 0 Å². The number of allylic oxidation sites excluding steroid dienone is 2. The molecule has 7 heteroatoms. The first-order valence-corrected chi connectivity index (χ1v) is 13.8. The largest absolute Gasteiger partial charge is 0.511 e. The molecule has 4 N–H and O–H groups in total. The lowest BCUT2D eigenvalue weighted by Crippen LogP contribution is -2.67. The minimum atomic E-state index is -2.62. The molecule has 2 aromatic carbocycles. The van der Waals surface area contributed by atoms with Crippen LogP contribution in [-0.2, 0) is 16.0 Å². The van der Waals surface area contributed by atoms with Crippen LogP contribution in [0.2, 0.25) is 0 Å². The predicted molar refractivity (Wildman–Crippen MR) is 156 cm³/mol. The van der Waals surface area contributed by atoms with Crippen LogP contribution in [0.3, 0.4) is 0 Å². The van der Waals surface area contributed by atoms with Gasteiger partial charge in [0.1, 0.15) is 22.8 Å². The monoisotopic (exact) mass is 556 g/mol. The van der Waals surface area contributed by atoms with Gasteiger partial charge in [-0.3, -0.25) is 14.4 Å². The Morgan fingerprint density at radius 1 is 1.10 bits per heavy atom. The van der Waals surface area contributed by atoms with Gasteiger partial charge in [0.15, 0.2) is 17.2 Å². The van der Waals surface area contributed by atoms with Gasteiger partial charge in [0.05, 0.1) is 5.56 Å². The second-order valence-electron chi connectivity index (χ2n) is 12.7. The quantitative estimate of drug-likeness (QED) is 0.341. The standard InChI is InChI=1S/C34H36O7/c1-8-19-13-20(10-9-17(19)4)21-11-12-23(36)25-22(21)14-32(6)15-33(7)26(16(2)3)28(37)24(18(5)35)30(39)34(33,41)31(40)27(32)29(25)38/h8-13,16,26,36-37,40-41H,1,14-15H2,2-7H3/t26?,32-,33-,34+/m1/s1. The van der Waals surface area contributed by atoms with Crippen molar-refractivity contribution in [3.63, 3.8) is 0 Å². The molecule has 7 nitrogen and oxygen atoms in total. The predicted octanol–water partition coefficient (Wildman–Crippen LogP) is 5.96. The van der Waals surface area contributed by atoms with Gasteiger partial charge in [-0.15, -0.1) is 0 Å². The molecule has 5 rings (SSSR count). The number of carbonyl (C=O) groups is 3. The van der Waals surface area contributed by atoms with Crippen molar-refractivity contribution < 1.29 is 34.8 Å². The van der Waals surface area contributed by atoms with Crippen LogP contribution >= 0.6 is 0 Å². The van der Waals surface area contributed by atoms with Crippen LogP contribution in [0.5, 0.6) is 5.75 Å². The van der Waals surface area contributed by atoms with Crippen molar-refractivity contribution in [2.75, 3.05) is 0 Å². The van der Waals surface area contributed by atoms with E-state index < -0.39 is 56.8 Å². The van der Waals surface area contributed by atoms with E-state index in [1.165, 1.54) is 6.07 Å². The van der Waals surface area contributed by atoms with E-state index in [9.17, 15) is 34.8 Å². The molecule has 0 radical (unpaired) electrons. The molecule has 0 spiro atoms. The van der Waals surface area contributed by atoms with Crippen molar-refractivity contribution in [2.45, 2.75) is 60.0 Å². The first-order valence-electron chi connectivity index (χ1n) is 13.8. The molecule has 3 aliphatic carbocycles. The lowest BCUT2D eigenvalue weighted by atomic mass is 9.44. The van der Waals surface area contributed by atoms with Crippen molar-refractivity contribution in [3.8, 4) is 16.9 Å². The maximum atomic E-state index is 14.2. The number of phenolic OH excluding ortho intramolecular Hbond substituents is 1. The summed E-state index contributed by atoms with van der Waals surface area (Å²) in [4.78, 5) is 40.5. The van der Waals surface area contributed by atoms with Gasteiger partial charge < -0.3 is 20.4 Å². The smallest absolute Gasteiger partial charge is 0.209 e. The van der Waals surface area contributed by atoms with Crippen LogP contribution in [0.15, 0.2) is 59.6 Å². The van der Waals surface area contributed by atoms with Crippen molar-refractivity contribution in [1.82, 2.24) is 0 Å². The first-order chi connectivity index (χ1) is 19.0. The fourth-order valence-electron chi connectivity index (χ4n) is 8.03. The maximum absolute atomic E-state index is 14.2. The van der Waals surface area contributed by atoms with Crippen LogP contribution in [-0.4, -0.2) is 43.4 Å². The molecule has 0 fully saturated rings. The molecule has 214 valence electrons. The summed E-state index contributed by atoms with van der Waals surface area (Å²) in [5, 5.41) is 46.1. The van der Waals surface area contributed by atoms with Gasteiger partial charge in [-0.05, 0) is 72.6 Å². The van der Waals surface area contributed by atoms with E-state index in [2.05, 4.69) is 6.58 Å². The van der Waals surface area contributed by atoms with Crippen LogP contribution in [0.25, 0.3) is 17.2 Å². The summed E-state index contributed by atoms with van der Waals surface area (Å²) >= 11 is 0. The zero-order chi connectivity index (χ0) is 30.4. The fraction of sp³-hybridized carbons (Fsp3) is 0.382. The van der Waals surface area contributed by atoms with Gasteiger partial charge in [0.2, 0.25) is 5.78 Å². The highest BCUT2D eigenvalue weighted by molar-refractivity contribution is 6.25. The summed E-state index contributed by atoms with van der Waals surface area (Å²) < 4.78 is 0. The van der Waals surface area contributed by atoms with Gasteiger partial charge in [0, 0.05) is 22.3 Å². The highest BCUT2D eigenvalue weighted by Crippen LogP contribution is 2.65. The van der Waals surface area contributed by atoms with Crippen molar-refractivity contribution in [2.24, 2.45) is 22.7 Å². The lowest BCUT2D eigenvalue weighted by molar-refractivity contribution is -0.171. The maximum Gasteiger partial charge on any atom is 0.209 e. The Labute approximate surface area is 239 Å². The zero-order valence-electron chi connectivity index (χ0n) is 24.3.